The second-order valence-electron chi connectivity index (χ2n) is 6.84. The summed E-state index contributed by atoms with van der Waals surface area (Å²) in [6.45, 7) is 5.07. The van der Waals surface area contributed by atoms with Gasteiger partial charge in [-0.05, 0) is 31.9 Å². The van der Waals surface area contributed by atoms with Crippen LogP contribution in [-0.4, -0.2) is 57.3 Å². The minimum atomic E-state index is -3.47. The lowest BCUT2D eigenvalue weighted by Gasteiger charge is -2.32. The molecule has 150 valence electrons. The number of piperazine rings is 1. The molecule has 1 amide bonds. The Morgan fingerprint density at radius 3 is 2.81 bits per heavy atom. The second-order valence-corrected chi connectivity index (χ2v) is 8.49. The van der Waals surface area contributed by atoms with Gasteiger partial charge in [0.15, 0.2) is 0 Å². The minimum absolute atomic E-state index is 0. The summed E-state index contributed by atoms with van der Waals surface area (Å²) in [5.74, 6) is 0.647. The highest BCUT2D eigenvalue weighted by molar-refractivity contribution is 7.90. The maximum Gasteiger partial charge on any atom is 0.263 e. The number of amides is 1. The summed E-state index contributed by atoms with van der Waals surface area (Å²) in [6.07, 6.45) is 3.14. The minimum Gasteiger partial charge on any atom is -0.340 e. The van der Waals surface area contributed by atoms with Gasteiger partial charge in [-0.3, -0.25) is 14.5 Å². The number of carbonyl (C=O) groups is 1. The van der Waals surface area contributed by atoms with Gasteiger partial charge in [-0.2, -0.15) is 0 Å². The van der Waals surface area contributed by atoms with Crippen molar-refractivity contribution in [2.75, 3.05) is 26.2 Å². The summed E-state index contributed by atoms with van der Waals surface area (Å²) < 4.78 is 26.5. The van der Waals surface area contributed by atoms with Gasteiger partial charge in [0.05, 0.1) is 4.90 Å². The van der Waals surface area contributed by atoms with E-state index in [1.54, 1.807) is 24.3 Å². The van der Waals surface area contributed by atoms with E-state index < -0.39 is 10.0 Å². The molecule has 3 rings (SSSR count). The van der Waals surface area contributed by atoms with Crippen LogP contribution in [0.4, 0.5) is 0 Å². The van der Waals surface area contributed by atoms with Crippen LogP contribution < -0.4 is 10.0 Å². The van der Waals surface area contributed by atoms with Gasteiger partial charge in [0.1, 0.15) is 5.84 Å². The zero-order valence-corrected chi connectivity index (χ0v) is 17.1. The second kappa shape index (κ2) is 9.52. The number of aliphatic imine (C=N–C) groups is 1. The van der Waals surface area contributed by atoms with Crippen molar-refractivity contribution < 1.29 is 13.2 Å². The van der Waals surface area contributed by atoms with E-state index in [2.05, 4.69) is 22.0 Å². The number of nitrogens with one attached hydrogen (secondary N) is 2. The highest BCUT2D eigenvalue weighted by Crippen LogP contribution is 2.22. The zero-order chi connectivity index (χ0) is 18.6. The SMILES string of the molecule is CC1CN(C(=O)CCCCCN=C2NS(=O)(=O)c3ccccc32)CCN1.Cl. The molecular weight excluding hydrogens is 388 g/mol. The number of sulfonamides is 1. The molecule has 1 unspecified atom stereocenters. The molecule has 1 aromatic rings. The van der Waals surface area contributed by atoms with Crippen LogP contribution in [0.25, 0.3) is 0 Å². The number of nitrogens with zero attached hydrogens (tertiary/aromatic N) is 2. The third kappa shape index (κ3) is 5.43. The van der Waals surface area contributed by atoms with Crippen molar-refractivity contribution in [1.82, 2.24) is 14.9 Å². The molecule has 0 bridgehead atoms. The Kier molecular flexibility index (Phi) is 7.64. The van der Waals surface area contributed by atoms with Gasteiger partial charge < -0.3 is 10.2 Å². The fourth-order valence-electron chi connectivity index (χ4n) is 3.32. The van der Waals surface area contributed by atoms with Gasteiger partial charge in [0.25, 0.3) is 10.0 Å². The van der Waals surface area contributed by atoms with E-state index >= 15 is 0 Å². The molecule has 1 atom stereocenters. The number of amidine groups is 1. The summed E-state index contributed by atoms with van der Waals surface area (Å²) in [6, 6.07) is 7.22. The van der Waals surface area contributed by atoms with Crippen LogP contribution in [0.15, 0.2) is 34.2 Å². The molecule has 0 spiro atoms. The first kappa shape index (κ1) is 21.7. The normalized spacial score (nSPS) is 22.0. The third-order valence-electron chi connectivity index (χ3n) is 4.70. The van der Waals surface area contributed by atoms with Crippen molar-refractivity contribution in [3.63, 3.8) is 0 Å². The Hall–Kier alpha value is -1.64. The Labute approximate surface area is 167 Å². The van der Waals surface area contributed by atoms with Crippen LogP contribution >= 0.6 is 12.4 Å². The number of hydrogen-bond acceptors (Lipinski definition) is 5. The molecule has 1 saturated heterocycles. The molecule has 0 saturated carbocycles. The van der Waals surface area contributed by atoms with Gasteiger partial charge in [-0.1, -0.05) is 18.6 Å². The topological polar surface area (TPSA) is 90.9 Å². The van der Waals surface area contributed by atoms with Crippen molar-refractivity contribution in [3.8, 4) is 0 Å². The Bertz CT molecular complexity index is 798. The molecule has 1 fully saturated rings. The maximum absolute atomic E-state index is 12.2. The molecule has 1 aromatic carbocycles. The van der Waals surface area contributed by atoms with Gasteiger partial charge >= 0.3 is 0 Å². The summed E-state index contributed by atoms with van der Waals surface area (Å²) in [7, 11) is -3.47. The van der Waals surface area contributed by atoms with Gasteiger partial charge in [0, 0.05) is 44.2 Å². The van der Waals surface area contributed by atoms with Crippen molar-refractivity contribution in [2.45, 2.75) is 43.5 Å². The molecule has 9 heteroatoms. The van der Waals surface area contributed by atoms with Crippen molar-refractivity contribution in [3.05, 3.63) is 29.8 Å². The number of rotatable bonds is 6. The predicted molar refractivity (Wildman–Crippen MR) is 108 cm³/mol. The number of carbonyl (C=O) groups excluding carboxylic acids is 1. The van der Waals surface area contributed by atoms with Crippen molar-refractivity contribution in [1.29, 1.82) is 0 Å². The number of fused-ring (bicyclic) bond motifs is 1. The van der Waals surface area contributed by atoms with Crippen LogP contribution in [-0.2, 0) is 14.8 Å². The Balaban J connectivity index is 0.00000261. The van der Waals surface area contributed by atoms with Gasteiger partial charge in [-0.25, -0.2) is 8.42 Å². The number of unbranched alkanes of at least 4 members (excludes halogenated alkanes) is 2. The van der Waals surface area contributed by atoms with Crippen molar-refractivity contribution >= 4 is 34.2 Å². The maximum atomic E-state index is 12.2. The van der Waals surface area contributed by atoms with E-state index in [-0.39, 0.29) is 23.2 Å². The summed E-state index contributed by atoms with van der Waals surface area (Å²) in [5, 5.41) is 3.33. The fourth-order valence-corrected chi connectivity index (χ4v) is 4.57. The molecule has 0 aliphatic carbocycles. The number of hydrogen-bond donors (Lipinski definition) is 2. The van der Waals surface area contributed by atoms with E-state index in [1.165, 1.54) is 0 Å². The highest BCUT2D eigenvalue weighted by atomic mass is 35.5. The average molecular weight is 415 g/mol. The number of halogens is 1. The van der Waals surface area contributed by atoms with E-state index in [9.17, 15) is 13.2 Å². The summed E-state index contributed by atoms with van der Waals surface area (Å²) in [4.78, 5) is 18.8. The average Bonchev–Trinajstić information content (AvgIpc) is 2.89. The standard InChI is InChI=1S/C18H26N4O3S.ClH/c1-14-13-22(12-11-19-14)17(23)9-3-2-6-10-20-18-15-7-4-5-8-16(15)26(24,25)21-18;/h4-5,7-8,14,19H,2-3,6,9-13H2,1H3,(H,20,21);1H. The summed E-state index contributed by atoms with van der Waals surface area (Å²) >= 11 is 0. The smallest absolute Gasteiger partial charge is 0.263 e. The van der Waals surface area contributed by atoms with Crippen molar-refractivity contribution in [2.24, 2.45) is 4.99 Å². The van der Waals surface area contributed by atoms with E-state index in [4.69, 9.17) is 0 Å². The van der Waals surface area contributed by atoms with Crippen LogP contribution in [0.2, 0.25) is 0 Å². The van der Waals surface area contributed by atoms with E-state index in [0.29, 0.717) is 30.4 Å². The molecule has 0 aromatic heterocycles. The van der Waals surface area contributed by atoms with Crippen LogP contribution in [0.1, 0.15) is 38.2 Å². The summed E-state index contributed by atoms with van der Waals surface area (Å²) in [5.41, 5.74) is 0.635. The molecule has 2 aliphatic rings. The molecule has 2 N–H and O–H groups in total. The lowest BCUT2D eigenvalue weighted by molar-refractivity contribution is -0.132. The molecule has 0 radical (unpaired) electrons. The molecule has 7 nitrogen and oxygen atoms in total. The van der Waals surface area contributed by atoms with Crippen LogP contribution in [0, 0.1) is 0 Å². The van der Waals surface area contributed by atoms with Gasteiger partial charge in [-0.15, -0.1) is 12.4 Å². The monoisotopic (exact) mass is 414 g/mol. The molecule has 27 heavy (non-hydrogen) atoms. The first-order chi connectivity index (χ1) is 12.5. The van der Waals surface area contributed by atoms with E-state index in [1.807, 2.05) is 4.90 Å². The van der Waals surface area contributed by atoms with E-state index in [0.717, 1.165) is 38.9 Å². The Morgan fingerprint density at radius 2 is 2.04 bits per heavy atom. The first-order valence-electron chi connectivity index (χ1n) is 9.15. The van der Waals surface area contributed by atoms with Gasteiger partial charge in [0.2, 0.25) is 5.91 Å². The first-order valence-corrected chi connectivity index (χ1v) is 10.6. The molecular formula is C18H27ClN4O3S. The fraction of sp³-hybridized carbons (Fsp3) is 0.556. The molecule has 2 aliphatic heterocycles. The largest absolute Gasteiger partial charge is 0.340 e. The predicted octanol–water partition coefficient (Wildman–Crippen LogP) is 1.53. The lowest BCUT2D eigenvalue weighted by atomic mass is 10.1. The third-order valence-corrected chi connectivity index (χ3v) is 6.10. The zero-order valence-electron chi connectivity index (χ0n) is 15.5. The Morgan fingerprint density at radius 1 is 1.26 bits per heavy atom. The highest BCUT2D eigenvalue weighted by Gasteiger charge is 2.29. The quantitative estimate of drug-likeness (QED) is 0.690. The van der Waals surface area contributed by atoms with Crippen LogP contribution in [0.5, 0.6) is 0 Å². The number of benzene rings is 1. The van der Waals surface area contributed by atoms with Crippen LogP contribution in [0.3, 0.4) is 0 Å². The lowest BCUT2D eigenvalue weighted by Crippen LogP contribution is -2.51. The molecule has 2 heterocycles.